The van der Waals surface area contributed by atoms with Gasteiger partial charge in [0.1, 0.15) is 5.75 Å². The predicted molar refractivity (Wildman–Crippen MR) is 87.3 cm³/mol. The molecule has 2 rings (SSSR count). The molecule has 110 valence electrons. The lowest BCUT2D eigenvalue weighted by atomic mass is 10.1. The molecule has 0 amide bonds. The molecule has 1 aliphatic heterocycles. The molecule has 1 aliphatic rings. The van der Waals surface area contributed by atoms with E-state index in [4.69, 9.17) is 21.7 Å². The molecule has 0 spiro atoms. The molecule has 0 bridgehead atoms. The normalized spacial score (nSPS) is 14.3. The smallest absolute Gasteiger partial charge is 0.166 e. The van der Waals surface area contributed by atoms with Crippen LogP contribution in [0.25, 0.3) is 0 Å². The van der Waals surface area contributed by atoms with Gasteiger partial charge in [-0.15, -0.1) is 0 Å². The topological polar surface area (TPSA) is 42.5 Å². The van der Waals surface area contributed by atoms with Gasteiger partial charge in [0.05, 0.1) is 13.2 Å². The molecule has 0 radical (unpaired) electrons. The van der Waals surface area contributed by atoms with E-state index >= 15 is 0 Å². The highest BCUT2D eigenvalue weighted by Gasteiger charge is 2.17. The van der Waals surface area contributed by atoms with Gasteiger partial charge >= 0.3 is 0 Å². The Labute approximate surface area is 133 Å². The van der Waals surface area contributed by atoms with Gasteiger partial charge in [-0.2, -0.15) is 0 Å². The summed E-state index contributed by atoms with van der Waals surface area (Å²) in [6.07, 6.45) is 0.968. The van der Waals surface area contributed by atoms with E-state index < -0.39 is 0 Å². The third-order valence-electron chi connectivity index (χ3n) is 3.06. The summed E-state index contributed by atoms with van der Waals surface area (Å²) in [6, 6.07) is 4.37. The first-order valence-corrected chi connectivity index (χ1v) is 7.77. The Morgan fingerprint density at radius 2 is 2.35 bits per heavy atom. The minimum atomic E-state index is 0.185. The van der Waals surface area contributed by atoms with Gasteiger partial charge < -0.3 is 20.1 Å². The highest BCUT2D eigenvalue weighted by molar-refractivity contribution is 9.10. The molecule has 0 saturated carbocycles. The van der Waals surface area contributed by atoms with Gasteiger partial charge in [0.2, 0.25) is 0 Å². The summed E-state index contributed by atoms with van der Waals surface area (Å²) in [7, 11) is 1.68. The van der Waals surface area contributed by atoms with Crippen molar-refractivity contribution in [2.45, 2.75) is 25.9 Å². The molecule has 2 N–H and O–H groups in total. The average molecular weight is 359 g/mol. The van der Waals surface area contributed by atoms with Crippen LogP contribution in [0.2, 0.25) is 0 Å². The fourth-order valence-corrected chi connectivity index (χ4v) is 3.05. The first-order chi connectivity index (χ1) is 9.60. The van der Waals surface area contributed by atoms with Crippen molar-refractivity contribution in [3.8, 4) is 5.75 Å². The standard InChI is InChI=1S/C14H19BrN2O2S/c1-9(8-18-2)17-14(20)16-7-11-6-12(15)5-10-3-4-19-13(10)11/h5-6,9H,3-4,7-8H2,1-2H3,(H2,16,17,20). The van der Waals surface area contributed by atoms with Gasteiger partial charge in [0, 0.05) is 36.2 Å². The highest BCUT2D eigenvalue weighted by Crippen LogP contribution is 2.32. The van der Waals surface area contributed by atoms with Crippen molar-refractivity contribution < 1.29 is 9.47 Å². The lowest BCUT2D eigenvalue weighted by Gasteiger charge is -2.17. The summed E-state index contributed by atoms with van der Waals surface area (Å²) in [6.45, 7) is 4.05. The van der Waals surface area contributed by atoms with Crippen LogP contribution >= 0.6 is 28.1 Å². The molecule has 20 heavy (non-hydrogen) atoms. The van der Waals surface area contributed by atoms with E-state index in [0.29, 0.717) is 18.3 Å². The summed E-state index contributed by atoms with van der Waals surface area (Å²) < 4.78 is 11.8. The summed E-state index contributed by atoms with van der Waals surface area (Å²) in [5.41, 5.74) is 2.37. The van der Waals surface area contributed by atoms with Crippen LogP contribution in [0, 0.1) is 0 Å². The number of methoxy groups -OCH3 is 1. The third kappa shape index (κ3) is 4.07. The van der Waals surface area contributed by atoms with Crippen molar-refractivity contribution in [1.82, 2.24) is 10.6 Å². The fraction of sp³-hybridized carbons (Fsp3) is 0.500. The number of nitrogens with one attached hydrogen (secondary N) is 2. The van der Waals surface area contributed by atoms with Crippen molar-refractivity contribution in [3.63, 3.8) is 0 Å². The van der Waals surface area contributed by atoms with Gasteiger partial charge in [-0.3, -0.25) is 0 Å². The van der Waals surface area contributed by atoms with Crippen LogP contribution in [0.5, 0.6) is 5.75 Å². The van der Waals surface area contributed by atoms with Gasteiger partial charge in [0.25, 0.3) is 0 Å². The zero-order chi connectivity index (χ0) is 14.5. The Kier molecular flexibility index (Phi) is 5.63. The van der Waals surface area contributed by atoms with Gasteiger partial charge in [0.15, 0.2) is 5.11 Å². The maximum absolute atomic E-state index is 5.69. The van der Waals surface area contributed by atoms with Crippen molar-refractivity contribution in [3.05, 3.63) is 27.7 Å². The van der Waals surface area contributed by atoms with Crippen LogP contribution in [0.1, 0.15) is 18.1 Å². The molecular weight excluding hydrogens is 340 g/mol. The molecule has 0 aliphatic carbocycles. The number of halogens is 1. The maximum atomic E-state index is 5.69. The van der Waals surface area contributed by atoms with Crippen LogP contribution in [0.15, 0.2) is 16.6 Å². The lowest BCUT2D eigenvalue weighted by molar-refractivity contribution is 0.179. The van der Waals surface area contributed by atoms with E-state index in [1.54, 1.807) is 7.11 Å². The SMILES string of the molecule is COCC(C)NC(=S)NCc1cc(Br)cc2c1OCC2. The monoisotopic (exact) mass is 358 g/mol. The first-order valence-electron chi connectivity index (χ1n) is 6.57. The van der Waals surface area contributed by atoms with Gasteiger partial charge in [-0.25, -0.2) is 0 Å². The number of fused-ring (bicyclic) bond motifs is 1. The Morgan fingerprint density at radius 1 is 1.55 bits per heavy atom. The number of benzene rings is 1. The molecule has 0 saturated heterocycles. The largest absolute Gasteiger partial charge is 0.493 e. The number of ether oxygens (including phenoxy) is 2. The number of hydrogen-bond acceptors (Lipinski definition) is 3. The van der Waals surface area contributed by atoms with E-state index in [0.717, 1.165) is 28.8 Å². The quantitative estimate of drug-likeness (QED) is 0.791. The molecule has 0 aromatic heterocycles. The van der Waals surface area contributed by atoms with Crippen molar-refractivity contribution in [1.29, 1.82) is 0 Å². The second-order valence-corrected chi connectivity index (χ2v) is 6.16. The average Bonchev–Trinajstić information content (AvgIpc) is 2.84. The Balaban J connectivity index is 1.93. The Bertz CT molecular complexity index is 496. The van der Waals surface area contributed by atoms with E-state index in [-0.39, 0.29) is 6.04 Å². The number of hydrogen-bond donors (Lipinski definition) is 2. The predicted octanol–water partition coefficient (Wildman–Crippen LogP) is 2.38. The van der Waals surface area contributed by atoms with Gasteiger partial charge in [-0.05, 0) is 36.8 Å². The van der Waals surface area contributed by atoms with Crippen LogP contribution in [0.3, 0.4) is 0 Å². The second kappa shape index (κ2) is 7.24. The summed E-state index contributed by atoms with van der Waals surface area (Å²) in [5, 5.41) is 7.01. The second-order valence-electron chi connectivity index (χ2n) is 4.84. The molecule has 1 heterocycles. The Hall–Kier alpha value is -0.850. The van der Waals surface area contributed by atoms with E-state index in [2.05, 4.69) is 38.7 Å². The van der Waals surface area contributed by atoms with Crippen LogP contribution in [-0.2, 0) is 17.7 Å². The lowest BCUT2D eigenvalue weighted by Crippen LogP contribution is -2.42. The zero-order valence-corrected chi connectivity index (χ0v) is 14.1. The zero-order valence-electron chi connectivity index (χ0n) is 11.7. The highest BCUT2D eigenvalue weighted by atomic mass is 79.9. The fourth-order valence-electron chi connectivity index (χ4n) is 2.22. The summed E-state index contributed by atoms with van der Waals surface area (Å²) >= 11 is 8.81. The minimum Gasteiger partial charge on any atom is -0.493 e. The van der Waals surface area contributed by atoms with Crippen LogP contribution in [-0.4, -0.2) is 31.5 Å². The molecule has 1 aromatic rings. The molecule has 4 nitrogen and oxygen atoms in total. The van der Waals surface area contributed by atoms with E-state index in [9.17, 15) is 0 Å². The summed E-state index contributed by atoms with van der Waals surface area (Å²) in [5.74, 6) is 0.994. The van der Waals surface area contributed by atoms with Crippen molar-refractivity contribution in [2.24, 2.45) is 0 Å². The number of rotatable bonds is 5. The molecule has 1 unspecified atom stereocenters. The van der Waals surface area contributed by atoms with Crippen molar-refractivity contribution >= 4 is 33.3 Å². The van der Waals surface area contributed by atoms with Crippen LogP contribution in [0.4, 0.5) is 0 Å². The minimum absolute atomic E-state index is 0.185. The molecular formula is C14H19BrN2O2S. The van der Waals surface area contributed by atoms with Crippen LogP contribution < -0.4 is 15.4 Å². The first kappa shape index (κ1) is 15.5. The third-order valence-corrected chi connectivity index (χ3v) is 3.78. The van der Waals surface area contributed by atoms with Crippen molar-refractivity contribution in [2.75, 3.05) is 20.3 Å². The molecule has 6 heteroatoms. The van der Waals surface area contributed by atoms with E-state index in [1.165, 1.54) is 5.56 Å². The van der Waals surface area contributed by atoms with Gasteiger partial charge in [-0.1, -0.05) is 15.9 Å². The maximum Gasteiger partial charge on any atom is 0.166 e. The van der Waals surface area contributed by atoms with E-state index in [1.807, 2.05) is 6.92 Å². The molecule has 1 atom stereocenters. The number of thiocarbonyl (C=S) groups is 1. The summed E-state index contributed by atoms with van der Waals surface area (Å²) in [4.78, 5) is 0. The molecule has 1 aromatic carbocycles. The molecule has 0 fully saturated rings. The Morgan fingerprint density at radius 3 is 3.10 bits per heavy atom.